The summed E-state index contributed by atoms with van der Waals surface area (Å²) in [6.07, 6.45) is -0.195. The topological polar surface area (TPSA) is 124 Å². The van der Waals surface area contributed by atoms with Crippen LogP contribution in [-0.2, 0) is 23.7 Å². The van der Waals surface area contributed by atoms with Crippen molar-refractivity contribution >= 4 is 18.1 Å². The van der Waals surface area contributed by atoms with Crippen LogP contribution in [0.4, 0.5) is 9.59 Å². The van der Waals surface area contributed by atoms with Gasteiger partial charge in [0.05, 0.1) is 19.8 Å². The maximum atomic E-state index is 11.4. The molecule has 23 heavy (non-hydrogen) atoms. The summed E-state index contributed by atoms with van der Waals surface area (Å²) in [6, 6.07) is -0.441. The van der Waals surface area contributed by atoms with E-state index in [0.29, 0.717) is 0 Å². The first-order chi connectivity index (χ1) is 11.1. The Labute approximate surface area is 133 Å². The molecule has 0 spiro atoms. The fourth-order valence-corrected chi connectivity index (χ4v) is 1.50. The largest absolute Gasteiger partial charge is 0.508 e. The fourth-order valence-electron chi connectivity index (χ4n) is 1.50. The van der Waals surface area contributed by atoms with E-state index in [1.165, 1.54) is 0 Å². The molecule has 1 aliphatic rings. The van der Waals surface area contributed by atoms with Crippen LogP contribution in [0, 0.1) is 0 Å². The monoisotopic (exact) mass is 331 g/mol. The molecule has 0 aromatic carbocycles. The molecule has 0 atom stereocenters. The van der Waals surface area contributed by atoms with E-state index in [0.717, 1.165) is 6.08 Å². The molecular weight excluding hydrogens is 310 g/mol. The number of rotatable bonds is 8. The van der Waals surface area contributed by atoms with Crippen LogP contribution in [0.3, 0.4) is 0 Å². The zero-order valence-electron chi connectivity index (χ0n) is 12.7. The lowest BCUT2D eigenvalue weighted by atomic mass is 10.4. The Morgan fingerprint density at radius 1 is 1.09 bits per heavy atom. The van der Waals surface area contributed by atoms with E-state index >= 15 is 0 Å². The second kappa shape index (κ2) is 11.3. The Balaban J connectivity index is 1.96. The van der Waals surface area contributed by atoms with Crippen LogP contribution in [0.5, 0.6) is 0 Å². The van der Waals surface area contributed by atoms with Crippen molar-refractivity contribution < 1.29 is 33.3 Å². The Bertz CT molecular complexity index is 410. The highest BCUT2D eigenvalue weighted by Crippen LogP contribution is 2.02. The summed E-state index contributed by atoms with van der Waals surface area (Å²) in [5.74, 6) is -0.312. The molecule has 0 saturated carbocycles. The SMILES string of the molecule is C=CC(=O)NCCNC(=O)NCCOC(=O)OC1COCOC1. The zero-order valence-corrected chi connectivity index (χ0v) is 12.7. The predicted molar refractivity (Wildman–Crippen MR) is 77.6 cm³/mol. The average Bonchev–Trinajstić information content (AvgIpc) is 2.56. The summed E-state index contributed by atoms with van der Waals surface area (Å²) in [5.41, 5.74) is 0. The Morgan fingerprint density at radius 3 is 2.43 bits per heavy atom. The standard InChI is InChI=1S/C13H21N3O7/c1-2-11(17)14-3-4-15-12(18)16-5-6-22-13(19)23-10-7-20-9-21-8-10/h2,10H,1,3-9H2,(H,14,17)(H2,15,16,18). The van der Waals surface area contributed by atoms with Crippen LogP contribution in [0.2, 0.25) is 0 Å². The number of hydrogen-bond donors (Lipinski definition) is 3. The summed E-state index contributed by atoms with van der Waals surface area (Å²) in [6.45, 7) is 4.64. The van der Waals surface area contributed by atoms with Gasteiger partial charge in [0.25, 0.3) is 0 Å². The molecule has 1 saturated heterocycles. The molecule has 3 N–H and O–H groups in total. The first-order valence-electron chi connectivity index (χ1n) is 7.02. The zero-order chi connectivity index (χ0) is 16.9. The van der Waals surface area contributed by atoms with Crippen LogP contribution < -0.4 is 16.0 Å². The van der Waals surface area contributed by atoms with Gasteiger partial charge in [0.15, 0.2) is 6.10 Å². The molecule has 10 heteroatoms. The van der Waals surface area contributed by atoms with Crippen LogP contribution in [0.15, 0.2) is 12.7 Å². The van der Waals surface area contributed by atoms with E-state index in [1.54, 1.807) is 0 Å². The lowest BCUT2D eigenvalue weighted by molar-refractivity contribution is -0.157. The molecule has 0 unspecified atom stereocenters. The quantitative estimate of drug-likeness (QED) is 0.299. The van der Waals surface area contributed by atoms with E-state index in [9.17, 15) is 14.4 Å². The van der Waals surface area contributed by atoms with E-state index in [4.69, 9.17) is 18.9 Å². The minimum atomic E-state index is -0.849. The Kier molecular flexibility index (Phi) is 9.17. The van der Waals surface area contributed by atoms with Gasteiger partial charge in [-0.1, -0.05) is 6.58 Å². The molecule has 0 aromatic rings. The van der Waals surface area contributed by atoms with Gasteiger partial charge in [-0.3, -0.25) is 4.79 Å². The third-order valence-electron chi connectivity index (χ3n) is 2.54. The van der Waals surface area contributed by atoms with Crippen molar-refractivity contribution in [3.05, 3.63) is 12.7 Å². The van der Waals surface area contributed by atoms with Crippen molar-refractivity contribution in [1.29, 1.82) is 0 Å². The van der Waals surface area contributed by atoms with Gasteiger partial charge < -0.3 is 34.9 Å². The molecule has 0 radical (unpaired) electrons. The minimum Gasteiger partial charge on any atom is -0.432 e. The van der Waals surface area contributed by atoms with E-state index in [1.807, 2.05) is 0 Å². The lowest BCUT2D eigenvalue weighted by Gasteiger charge is -2.21. The van der Waals surface area contributed by atoms with Crippen molar-refractivity contribution in [3.8, 4) is 0 Å². The fraction of sp³-hybridized carbons (Fsp3) is 0.615. The summed E-state index contributed by atoms with van der Waals surface area (Å²) in [7, 11) is 0. The second-order valence-corrected chi connectivity index (χ2v) is 4.38. The molecule has 1 fully saturated rings. The third kappa shape index (κ3) is 9.32. The van der Waals surface area contributed by atoms with E-state index in [-0.39, 0.29) is 52.2 Å². The number of nitrogens with one attached hydrogen (secondary N) is 3. The number of hydrogen-bond acceptors (Lipinski definition) is 7. The maximum absolute atomic E-state index is 11.4. The predicted octanol–water partition coefficient (Wildman–Crippen LogP) is -0.886. The van der Waals surface area contributed by atoms with Crippen LogP contribution in [0.25, 0.3) is 0 Å². The van der Waals surface area contributed by atoms with Gasteiger partial charge >= 0.3 is 12.2 Å². The van der Waals surface area contributed by atoms with E-state index in [2.05, 4.69) is 22.5 Å². The molecule has 1 rings (SSSR count). The molecule has 10 nitrogen and oxygen atoms in total. The number of ether oxygens (including phenoxy) is 4. The smallest absolute Gasteiger partial charge is 0.432 e. The van der Waals surface area contributed by atoms with E-state index < -0.39 is 18.3 Å². The molecule has 1 heterocycles. The summed E-state index contributed by atoms with van der Waals surface area (Å²) >= 11 is 0. The van der Waals surface area contributed by atoms with Gasteiger partial charge in [0.1, 0.15) is 13.4 Å². The van der Waals surface area contributed by atoms with Crippen molar-refractivity contribution in [3.63, 3.8) is 0 Å². The van der Waals surface area contributed by atoms with Gasteiger partial charge in [-0.2, -0.15) is 0 Å². The number of amides is 3. The maximum Gasteiger partial charge on any atom is 0.508 e. The summed E-state index contributed by atoms with van der Waals surface area (Å²) in [4.78, 5) is 33.5. The van der Waals surface area contributed by atoms with Crippen LogP contribution >= 0.6 is 0 Å². The molecule has 0 aliphatic carbocycles. The molecule has 1 aliphatic heterocycles. The number of carbonyl (C=O) groups is 3. The second-order valence-electron chi connectivity index (χ2n) is 4.38. The first kappa shape index (κ1) is 18.7. The van der Waals surface area contributed by atoms with Crippen LogP contribution in [-0.4, -0.2) is 70.4 Å². The Hall–Kier alpha value is -2.33. The molecule has 0 aromatic heterocycles. The van der Waals surface area contributed by atoms with Crippen molar-refractivity contribution in [2.24, 2.45) is 0 Å². The minimum absolute atomic E-state index is 0.0338. The van der Waals surface area contributed by atoms with Crippen LogP contribution in [0.1, 0.15) is 0 Å². The highest BCUT2D eigenvalue weighted by molar-refractivity contribution is 5.86. The highest BCUT2D eigenvalue weighted by atomic mass is 16.8. The molecule has 3 amide bonds. The summed E-state index contributed by atoms with van der Waals surface area (Å²) in [5, 5.41) is 7.49. The molecule has 130 valence electrons. The van der Waals surface area contributed by atoms with Crippen molar-refractivity contribution in [2.45, 2.75) is 6.10 Å². The first-order valence-corrected chi connectivity index (χ1v) is 7.02. The number of carbonyl (C=O) groups excluding carboxylic acids is 3. The average molecular weight is 331 g/mol. The third-order valence-corrected chi connectivity index (χ3v) is 2.54. The summed E-state index contributed by atoms with van der Waals surface area (Å²) < 4.78 is 19.6. The van der Waals surface area contributed by atoms with Crippen molar-refractivity contribution in [1.82, 2.24) is 16.0 Å². The molecule has 0 bridgehead atoms. The van der Waals surface area contributed by atoms with Gasteiger partial charge in [-0.25, -0.2) is 9.59 Å². The molecular formula is C13H21N3O7. The number of urea groups is 1. The van der Waals surface area contributed by atoms with Gasteiger partial charge in [0.2, 0.25) is 5.91 Å². The van der Waals surface area contributed by atoms with Crippen molar-refractivity contribution in [2.75, 3.05) is 46.2 Å². The normalized spacial score (nSPS) is 14.4. The van der Waals surface area contributed by atoms with Gasteiger partial charge in [-0.05, 0) is 6.08 Å². The lowest BCUT2D eigenvalue weighted by Crippen LogP contribution is -2.41. The van der Waals surface area contributed by atoms with Gasteiger partial charge in [-0.15, -0.1) is 0 Å². The Morgan fingerprint density at radius 2 is 1.74 bits per heavy atom. The highest BCUT2D eigenvalue weighted by Gasteiger charge is 2.19. The van der Waals surface area contributed by atoms with Gasteiger partial charge in [0, 0.05) is 13.1 Å².